The highest BCUT2D eigenvalue weighted by Crippen LogP contribution is 2.30. The van der Waals surface area contributed by atoms with Gasteiger partial charge in [-0.1, -0.05) is 60.7 Å². The van der Waals surface area contributed by atoms with Gasteiger partial charge in [-0.3, -0.25) is 9.59 Å². The molecule has 222 valence electrons. The van der Waals surface area contributed by atoms with Gasteiger partial charge in [0.25, 0.3) is 0 Å². The maximum Gasteiger partial charge on any atom is 0.240 e. The van der Waals surface area contributed by atoms with E-state index in [4.69, 9.17) is 0 Å². The summed E-state index contributed by atoms with van der Waals surface area (Å²) in [6, 6.07) is 29.2. The number of amides is 2. The van der Waals surface area contributed by atoms with Gasteiger partial charge in [0.05, 0.1) is 12.4 Å². The predicted molar refractivity (Wildman–Crippen MR) is 180 cm³/mol. The fourth-order valence-electron chi connectivity index (χ4n) is 6.02. The number of unbranched alkanes of at least 4 members (excludes halogenated alkanes) is 1. The number of benzene rings is 4. The molecule has 0 fully saturated rings. The van der Waals surface area contributed by atoms with Crippen molar-refractivity contribution in [2.75, 3.05) is 0 Å². The van der Waals surface area contributed by atoms with E-state index in [9.17, 15) is 9.59 Å². The van der Waals surface area contributed by atoms with E-state index < -0.39 is 0 Å². The van der Waals surface area contributed by atoms with Gasteiger partial charge in [0.1, 0.15) is 0 Å². The minimum atomic E-state index is -0.177. The number of hydrazone groups is 2. The third kappa shape index (κ3) is 5.83. The van der Waals surface area contributed by atoms with Gasteiger partial charge >= 0.3 is 0 Å². The Bertz CT molecular complexity index is 1900. The molecule has 0 saturated heterocycles. The second kappa shape index (κ2) is 13.0. The molecular formula is C36H36N6O2. The Morgan fingerprint density at radius 1 is 0.591 bits per heavy atom. The number of aryl methyl sites for hydroxylation is 2. The average molecular weight is 585 g/mol. The molecule has 44 heavy (non-hydrogen) atoms. The molecule has 2 aromatic heterocycles. The Labute approximate surface area is 256 Å². The summed E-state index contributed by atoms with van der Waals surface area (Å²) in [6.45, 7) is 6.01. The molecule has 0 aliphatic rings. The molecule has 0 spiro atoms. The van der Waals surface area contributed by atoms with Gasteiger partial charge in [0.2, 0.25) is 11.8 Å². The lowest BCUT2D eigenvalue weighted by Gasteiger charge is -2.04. The third-order valence-electron chi connectivity index (χ3n) is 8.09. The molecule has 6 rings (SSSR count). The van der Waals surface area contributed by atoms with E-state index in [2.05, 4.69) is 117 Å². The summed E-state index contributed by atoms with van der Waals surface area (Å²) in [4.78, 5) is 24.6. The summed E-state index contributed by atoms with van der Waals surface area (Å²) >= 11 is 0. The van der Waals surface area contributed by atoms with E-state index in [1.807, 2.05) is 12.1 Å². The van der Waals surface area contributed by atoms with Crippen molar-refractivity contribution in [1.82, 2.24) is 20.0 Å². The Kier molecular flexibility index (Phi) is 8.50. The predicted octanol–water partition coefficient (Wildman–Crippen LogP) is 7.10. The second-order valence-corrected chi connectivity index (χ2v) is 10.9. The van der Waals surface area contributed by atoms with Gasteiger partial charge in [0, 0.05) is 69.5 Å². The van der Waals surface area contributed by atoms with Gasteiger partial charge in [0.15, 0.2) is 0 Å². The number of para-hydroxylation sites is 2. The van der Waals surface area contributed by atoms with Crippen LogP contribution in [0.25, 0.3) is 43.6 Å². The average Bonchev–Trinajstić information content (AvgIpc) is 3.54. The number of carbonyl (C=O) groups is 2. The zero-order valence-corrected chi connectivity index (χ0v) is 25.1. The molecule has 8 heteroatoms. The Morgan fingerprint density at radius 2 is 1.00 bits per heavy atom. The van der Waals surface area contributed by atoms with Gasteiger partial charge in [-0.05, 0) is 62.1 Å². The molecule has 0 radical (unpaired) electrons. The van der Waals surface area contributed by atoms with E-state index in [-0.39, 0.29) is 11.8 Å². The van der Waals surface area contributed by atoms with Crippen molar-refractivity contribution in [2.45, 2.75) is 52.6 Å². The summed E-state index contributed by atoms with van der Waals surface area (Å²) in [7, 11) is 0. The number of aromatic nitrogens is 2. The van der Waals surface area contributed by atoms with Crippen molar-refractivity contribution in [3.05, 3.63) is 96.1 Å². The lowest BCUT2D eigenvalue weighted by molar-refractivity contribution is -0.123. The molecule has 2 heterocycles. The fourth-order valence-corrected chi connectivity index (χ4v) is 6.02. The number of hydrogen-bond acceptors (Lipinski definition) is 4. The zero-order chi connectivity index (χ0) is 30.5. The summed E-state index contributed by atoms with van der Waals surface area (Å²) in [6.07, 6.45) is 5.09. The van der Waals surface area contributed by atoms with Gasteiger partial charge in [-0.25, -0.2) is 10.9 Å². The van der Waals surface area contributed by atoms with Crippen LogP contribution in [0.4, 0.5) is 0 Å². The molecule has 2 amide bonds. The van der Waals surface area contributed by atoms with Crippen LogP contribution in [0.1, 0.15) is 50.7 Å². The summed E-state index contributed by atoms with van der Waals surface area (Å²) in [5.74, 6) is -0.355. The molecule has 4 aromatic carbocycles. The normalized spacial score (nSPS) is 12.0. The molecule has 8 nitrogen and oxygen atoms in total. The minimum Gasteiger partial charge on any atom is -0.341 e. The van der Waals surface area contributed by atoms with Gasteiger partial charge < -0.3 is 9.13 Å². The van der Waals surface area contributed by atoms with Crippen molar-refractivity contribution < 1.29 is 9.59 Å². The largest absolute Gasteiger partial charge is 0.341 e. The van der Waals surface area contributed by atoms with E-state index in [1.54, 1.807) is 12.4 Å². The molecule has 0 aliphatic heterocycles. The summed E-state index contributed by atoms with van der Waals surface area (Å²) in [5.41, 5.74) is 11.8. The van der Waals surface area contributed by atoms with Crippen LogP contribution in [0.2, 0.25) is 0 Å². The van der Waals surface area contributed by atoms with Crippen LogP contribution in [0, 0.1) is 0 Å². The van der Waals surface area contributed by atoms with Gasteiger partial charge in [-0.15, -0.1) is 0 Å². The van der Waals surface area contributed by atoms with Crippen LogP contribution in [0.15, 0.2) is 95.1 Å². The minimum absolute atomic E-state index is 0.177. The van der Waals surface area contributed by atoms with Crippen LogP contribution in [-0.2, 0) is 22.7 Å². The van der Waals surface area contributed by atoms with E-state index in [0.29, 0.717) is 25.7 Å². The summed E-state index contributed by atoms with van der Waals surface area (Å²) in [5, 5.41) is 13.2. The molecule has 0 aliphatic carbocycles. The second-order valence-electron chi connectivity index (χ2n) is 10.9. The van der Waals surface area contributed by atoms with E-state index in [1.165, 1.54) is 32.6 Å². The fraction of sp³-hybridized carbons (Fsp3) is 0.222. The smallest absolute Gasteiger partial charge is 0.240 e. The highest BCUT2D eigenvalue weighted by molar-refractivity contribution is 6.10. The van der Waals surface area contributed by atoms with Gasteiger partial charge in [-0.2, -0.15) is 10.2 Å². The number of hydrogen-bond donors (Lipinski definition) is 2. The Hall–Kier alpha value is -5.24. The van der Waals surface area contributed by atoms with Crippen molar-refractivity contribution in [1.29, 1.82) is 0 Å². The number of carbonyl (C=O) groups excluding carboxylic acids is 2. The standard InChI is InChI=1S/C36H36N6O2/c1-3-41-31-13-7-5-11-27(31)29-19-17-25(21-33(29)41)23-37-39-35(43)15-9-10-16-36(44)40-38-24-26-18-20-30-28-12-6-8-14-32(28)42(4-2)34(30)22-26/h5-8,11-14,17-24H,3-4,9-10,15-16H2,1-2H3,(H,39,43)(H,40,44). The molecule has 0 unspecified atom stereocenters. The molecule has 6 aromatic rings. The molecule has 0 atom stereocenters. The first kappa shape index (κ1) is 28.9. The van der Waals surface area contributed by atoms with Crippen LogP contribution in [-0.4, -0.2) is 33.4 Å². The van der Waals surface area contributed by atoms with Crippen molar-refractivity contribution in [3.63, 3.8) is 0 Å². The van der Waals surface area contributed by atoms with E-state index >= 15 is 0 Å². The van der Waals surface area contributed by atoms with Crippen LogP contribution < -0.4 is 10.9 Å². The van der Waals surface area contributed by atoms with Crippen molar-refractivity contribution >= 4 is 67.9 Å². The first-order chi connectivity index (χ1) is 21.6. The maximum absolute atomic E-state index is 12.3. The summed E-state index contributed by atoms with van der Waals surface area (Å²) < 4.78 is 4.57. The Balaban J connectivity index is 0.952. The third-order valence-corrected chi connectivity index (χ3v) is 8.09. The van der Waals surface area contributed by atoms with Crippen LogP contribution >= 0.6 is 0 Å². The first-order valence-corrected chi connectivity index (χ1v) is 15.2. The number of nitrogens with zero attached hydrogens (tertiary/aromatic N) is 4. The highest BCUT2D eigenvalue weighted by atomic mass is 16.2. The quantitative estimate of drug-likeness (QED) is 0.0966. The number of nitrogens with one attached hydrogen (secondary N) is 2. The maximum atomic E-state index is 12.3. The van der Waals surface area contributed by atoms with Crippen LogP contribution in [0.3, 0.4) is 0 Å². The number of rotatable bonds is 11. The van der Waals surface area contributed by atoms with Crippen molar-refractivity contribution in [3.8, 4) is 0 Å². The highest BCUT2D eigenvalue weighted by Gasteiger charge is 2.11. The molecule has 0 saturated carbocycles. The lowest BCUT2D eigenvalue weighted by atomic mass is 10.1. The monoisotopic (exact) mass is 584 g/mol. The molecular weight excluding hydrogens is 548 g/mol. The van der Waals surface area contributed by atoms with E-state index in [0.717, 1.165) is 35.2 Å². The number of fused-ring (bicyclic) bond motifs is 6. The van der Waals surface area contributed by atoms with Crippen molar-refractivity contribution in [2.24, 2.45) is 10.2 Å². The molecule has 0 bridgehead atoms. The molecule has 2 N–H and O–H groups in total. The SMILES string of the molecule is CCn1c2ccccc2c2ccc(C=NNC(=O)CCCCC(=O)NN=Cc3ccc4c5ccccc5n(CC)c4c3)cc21. The lowest BCUT2D eigenvalue weighted by Crippen LogP contribution is -2.19. The Morgan fingerprint density at radius 3 is 1.43 bits per heavy atom. The topological polar surface area (TPSA) is 92.8 Å². The first-order valence-electron chi connectivity index (χ1n) is 15.2. The van der Waals surface area contributed by atoms with Crippen LogP contribution in [0.5, 0.6) is 0 Å². The zero-order valence-electron chi connectivity index (χ0n) is 25.1.